The zero-order valence-corrected chi connectivity index (χ0v) is 86.2. The molecular formula is C113H126N30O5. The predicted molar refractivity (Wildman–Crippen MR) is 587 cm³/mol. The molecular weight excluding hydrogens is 1860 g/mol. The van der Waals surface area contributed by atoms with Crippen molar-refractivity contribution in [2.45, 2.75) is 144 Å². The van der Waals surface area contributed by atoms with Crippen molar-refractivity contribution >= 4 is 89.6 Å². The lowest BCUT2D eigenvalue weighted by Crippen LogP contribution is -2.54. The number of piperidine rings is 2. The first-order chi connectivity index (χ1) is 71.7. The predicted octanol–water partition coefficient (Wildman–Crippen LogP) is 13.7. The number of likely N-dealkylation sites (tertiary alicyclic amines) is 1. The molecule has 20 aromatic rings. The van der Waals surface area contributed by atoms with Crippen LogP contribution in [0.25, 0.3) is 123 Å². The average molecular weight is 1980 g/mol. The van der Waals surface area contributed by atoms with Gasteiger partial charge in [-0.3, -0.25) is 60.3 Å². The standard InChI is InChI=1S/C26H33N7O.C24H27N5O.C22H24N6O.C21H22N6O.C20H20N6O/c1-5-21-24-14-23(29-33(24)16-18(4)27-21)22-15-26(34)32-17-20(8-9-25(32)28-22)31-12-10-19(11-13-31)30(6-2)7-3;1-16(2)27-10-8-18(9-11-27)19-4-7-23-26-21(12-24(30)29(23)15-19)20-5-6-22-25-17(3)13-28(22)14-20;1-14-11-27(12-15(2)24-14)18-5-7-21-25-19(9-22(29)28(21)13-18)16-4-6-20-17(8-16)10-23-26(20)3;1-14-12-26(8-7-22-14)17-4-6-20-24-18(10-21(28)27(20)13-17)15-3-5-19-16(9-15)11-23-25(19)2;1-14-12-25-7-4-15(10-19(25)22-14)17-11-20(27)26-13-16(2-3-18(26)23-17)24-8-5-21-6-9-24/h8-9,14-17,19H,5-7,10-13H2,1-4H3;4-7,12-16,18H,8-11H2,1-3H3;4-10,13-15,24H,11-12H2,1-3H3;3-6,9-11,13-14,22H,7-8,12H2,1-2H3;2-4,7,10-13,21H,5-6,8-9H2,1H3/t;;14-,15+;14-;/m...0./s1. The minimum absolute atomic E-state index is 0.0432. The number of nitrogens with zero attached hydrogens (tertiary/aromatic N) is 27. The van der Waals surface area contributed by atoms with Gasteiger partial charge in [0, 0.05) is 235 Å². The van der Waals surface area contributed by atoms with Crippen LogP contribution < -0.4 is 63.3 Å². The van der Waals surface area contributed by atoms with Gasteiger partial charge in [0.1, 0.15) is 45.2 Å². The highest BCUT2D eigenvalue weighted by Gasteiger charge is 2.29. The van der Waals surface area contributed by atoms with E-state index in [4.69, 9.17) is 24.9 Å². The van der Waals surface area contributed by atoms with Crippen LogP contribution in [0, 0.1) is 20.8 Å². The maximum absolute atomic E-state index is 13.1. The second kappa shape index (κ2) is 42.0. The van der Waals surface area contributed by atoms with E-state index in [2.05, 4.69) is 149 Å². The monoisotopic (exact) mass is 1980 g/mol. The molecule has 0 unspecified atom stereocenters. The Morgan fingerprint density at radius 3 is 1.35 bits per heavy atom. The Balaban J connectivity index is 0.000000109. The van der Waals surface area contributed by atoms with E-state index < -0.39 is 0 Å². The number of aromatic nitrogens is 21. The van der Waals surface area contributed by atoms with Crippen LogP contribution in [0.2, 0.25) is 0 Å². The van der Waals surface area contributed by atoms with Crippen molar-refractivity contribution in [2.24, 2.45) is 14.1 Å². The first kappa shape index (κ1) is 98.2. The van der Waals surface area contributed by atoms with Gasteiger partial charge in [-0.2, -0.15) is 15.3 Å². The molecule has 18 aromatic heterocycles. The van der Waals surface area contributed by atoms with Crippen LogP contribution in [-0.2, 0) is 20.5 Å². The van der Waals surface area contributed by atoms with Crippen molar-refractivity contribution in [3.05, 3.63) is 312 Å². The average Bonchev–Trinajstić information content (AvgIpc) is 0.990. The van der Waals surface area contributed by atoms with Gasteiger partial charge in [-0.15, -0.1) is 0 Å². The van der Waals surface area contributed by atoms with E-state index in [9.17, 15) is 24.0 Å². The largest absolute Gasteiger partial charge is 0.370 e. The number of anilines is 4. The molecule has 0 aliphatic carbocycles. The normalized spacial score (nSPS) is 16.7. The molecule has 3 atom stereocenters. The van der Waals surface area contributed by atoms with Gasteiger partial charge in [0.05, 0.1) is 109 Å². The fourth-order valence-corrected chi connectivity index (χ4v) is 21.6. The van der Waals surface area contributed by atoms with Gasteiger partial charge in [-0.25, -0.2) is 39.4 Å². The highest BCUT2D eigenvalue weighted by molar-refractivity contribution is 5.86. The van der Waals surface area contributed by atoms with E-state index in [0.29, 0.717) is 98.5 Å². The van der Waals surface area contributed by atoms with Crippen molar-refractivity contribution in [3.63, 3.8) is 0 Å². The van der Waals surface area contributed by atoms with E-state index >= 15 is 0 Å². The molecule has 0 spiro atoms. The highest BCUT2D eigenvalue weighted by Crippen LogP contribution is 2.34. The molecule has 0 amide bonds. The molecule has 35 heteroatoms. The van der Waals surface area contributed by atoms with Crippen LogP contribution in [0.1, 0.15) is 115 Å². The summed E-state index contributed by atoms with van der Waals surface area (Å²) < 4.78 is 17.7. The number of piperazine rings is 3. The Labute approximate surface area is 855 Å². The number of imidazole rings is 2. The number of rotatable bonds is 15. The minimum atomic E-state index is -0.0954. The third-order valence-corrected chi connectivity index (χ3v) is 29.4. The Morgan fingerprint density at radius 2 is 0.824 bits per heavy atom. The zero-order valence-electron chi connectivity index (χ0n) is 86.2. The van der Waals surface area contributed by atoms with Gasteiger partial charge in [0.15, 0.2) is 0 Å². The maximum Gasteiger partial charge on any atom is 0.258 e. The van der Waals surface area contributed by atoms with Gasteiger partial charge in [0.25, 0.3) is 27.8 Å². The molecule has 5 fully saturated rings. The molecule has 35 nitrogen and oxygen atoms in total. The second-order valence-corrected chi connectivity index (χ2v) is 40.1. The second-order valence-electron chi connectivity index (χ2n) is 40.1. The molecule has 2 aromatic carbocycles. The number of benzene rings is 2. The van der Waals surface area contributed by atoms with Gasteiger partial charge in [0.2, 0.25) is 0 Å². The van der Waals surface area contributed by atoms with E-state index in [1.54, 1.807) is 52.3 Å². The lowest BCUT2D eigenvalue weighted by atomic mass is 9.90. The summed E-state index contributed by atoms with van der Waals surface area (Å²) in [7, 11) is 3.83. The van der Waals surface area contributed by atoms with E-state index in [-0.39, 0.29) is 27.8 Å². The summed E-state index contributed by atoms with van der Waals surface area (Å²) in [6.07, 6.45) is 28.4. The summed E-state index contributed by atoms with van der Waals surface area (Å²) in [6, 6.07) is 52.4. The minimum Gasteiger partial charge on any atom is -0.370 e. The van der Waals surface area contributed by atoms with Gasteiger partial charge >= 0.3 is 0 Å². The van der Waals surface area contributed by atoms with Crippen molar-refractivity contribution in [2.75, 3.05) is 118 Å². The zero-order chi connectivity index (χ0) is 102. The van der Waals surface area contributed by atoms with Crippen molar-refractivity contribution < 1.29 is 0 Å². The topological polar surface area (TPSA) is 328 Å². The third kappa shape index (κ3) is 20.8. The molecule has 23 heterocycles. The lowest BCUT2D eigenvalue weighted by molar-refractivity contribution is 0.172. The molecule has 148 heavy (non-hydrogen) atoms. The molecule has 5 aliphatic heterocycles. The summed E-state index contributed by atoms with van der Waals surface area (Å²) in [6.45, 7) is 38.4. The Hall–Kier alpha value is -15.8. The summed E-state index contributed by atoms with van der Waals surface area (Å²) in [5.74, 6) is 0.503. The maximum atomic E-state index is 13.1. The number of fused-ring (bicyclic) bond motifs is 10. The number of nitrogens with one attached hydrogen (secondary N) is 3. The number of hydrogen-bond donors (Lipinski definition) is 3. The highest BCUT2D eigenvalue weighted by atomic mass is 16.1. The fourth-order valence-electron chi connectivity index (χ4n) is 21.6. The number of pyridine rings is 7. The molecule has 5 saturated heterocycles. The Morgan fingerprint density at radius 1 is 0.378 bits per heavy atom. The fraction of sp³-hybridized carbons (Fsp3) is 0.345. The summed E-state index contributed by atoms with van der Waals surface area (Å²) in [4.78, 5) is 116. The first-order valence-electron chi connectivity index (χ1n) is 51.7. The van der Waals surface area contributed by atoms with Crippen LogP contribution in [0.3, 0.4) is 0 Å². The summed E-state index contributed by atoms with van der Waals surface area (Å²) in [5, 5.41) is 25.6. The Kier molecular flexibility index (Phi) is 27.8. The molecule has 0 radical (unpaired) electrons. The van der Waals surface area contributed by atoms with Gasteiger partial charge in [-0.1, -0.05) is 39.0 Å². The van der Waals surface area contributed by atoms with E-state index in [0.717, 1.165) is 237 Å². The quantitative estimate of drug-likeness (QED) is 0.0858. The van der Waals surface area contributed by atoms with E-state index in [1.165, 1.54) is 5.56 Å². The van der Waals surface area contributed by atoms with E-state index in [1.807, 2.05) is 241 Å². The lowest BCUT2D eigenvalue weighted by Gasteiger charge is -2.38. The van der Waals surface area contributed by atoms with Gasteiger partial charge in [-0.05, 0) is 234 Å². The van der Waals surface area contributed by atoms with Crippen LogP contribution in [0.5, 0.6) is 0 Å². The molecule has 0 bridgehead atoms. The first-order valence-corrected chi connectivity index (χ1v) is 51.7. The molecule has 3 N–H and O–H groups in total. The molecule has 758 valence electrons. The van der Waals surface area contributed by atoms with Crippen LogP contribution in [-0.4, -0.2) is 238 Å². The SMILES string of the molecule is CCc1nc(C)cn2nc(-c3cc(=O)n4cc(N5CCC(N(CC)CC)CC5)ccc4n3)cc12.C[C@@H]1CN(c2ccc3nc(-c4ccc5c(cnn5C)c4)cc(=O)n3c2)C[C@H](C)N1.C[C@H]1CN(c2ccc3nc(-c4ccc5c(cnn5C)c4)cc(=O)n3c2)CCN1.Cc1cn2cc(-c3cc(=O)n4cc(C5CCN(C(C)C)CC5)ccc4n3)ccc2n1.Cc1cn2ccc(-c3cc(=O)n4cc(N5CCNCC5)ccc4n3)cc2n1. The smallest absolute Gasteiger partial charge is 0.258 e. The van der Waals surface area contributed by atoms with Crippen LogP contribution in [0.15, 0.2) is 256 Å². The van der Waals surface area contributed by atoms with Crippen molar-refractivity contribution in [1.29, 1.82) is 0 Å². The number of aryl methyl sites for hydroxylation is 6. The third-order valence-electron chi connectivity index (χ3n) is 29.4. The van der Waals surface area contributed by atoms with Crippen LogP contribution in [0.4, 0.5) is 22.7 Å². The summed E-state index contributed by atoms with van der Waals surface area (Å²) >= 11 is 0. The van der Waals surface area contributed by atoms with Crippen molar-refractivity contribution in [3.8, 4) is 56.4 Å². The van der Waals surface area contributed by atoms with Crippen molar-refractivity contribution in [1.82, 2.24) is 126 Å². The molecule has 5 aliphatic rings. The number of hydrogen-bond acceptors (Lipinski definition) is 25. The molecule has 0 saturated carbocycles. The molecule has 25 rings (SSSR count). The Bertz CT molecular complexity index is 8680. The van der Waals surface area contributed by atoms with Crippen LogP contribution >= 0.6 is 0 Å². The van der Waals surface area contributed by atoms with Gasteiger partial charge < -0.3 is 54.2 Å². The summed E-state index contributed by atoms with van der Waals surface area (Å²) in [5.41, 5.74) is 24.6.